The number of imidazole rings is 1. The van der Waals surface area contributed by atoms with Crippen molar-refractivity contribution in [2.24, 2.45) is 0 Å². The lowest BCUT2D eigenvalue weighted by Crippen LogP contribution is -2.23. The van der Waals surface area contributed by atoms with E-state index in [-0.39, 0.29) is 6.04 Å². The normalized spacial score (nSPS) is 12.6. The van der Waals surface area contributed by atoms with Crippen molar-refractivity contribution in [2.45, 2.75) is 52.1 Å². The number of aromatic nitrogens is 2. The molecule has 1 atom stereocenters. The van der Waals surface area contributed by atoms with E-state index in [1.807, 2.05) is 12.4 Å². The largest absolute Gasteiger partial charge is 0.383 e. The fourth-order valence-electron chi connectivity index (χ4n) is 1.85. The van der Waals surface area contributed by atoms with Crippen LogP contribution in [0.3, 0.4) is 0 Å². The van der Waals surface area contributed by atoms with Gasteiger partial charge in [0.2, 0.25) is 5.95 Å². The van der Waals surface area contributed by atoms with E-state index >= 15 is 0 Å². The van der Waals surface area contributed by atoms with Crippen molar-refractivity contribution >= 4 is 5.95 Å². The van der Waals surface area contributed by atoms with Crippen LogP contribution in [0, 0.1) is 0 Å². The summed E-state index contributed by atoms with van der Waals surface area (Å²) < 4.78 is 7.29. The molecular weight excluding hydrogens is 214 g/mol. The average Bonchev–Trinajstić information content (AvgIpc) is 2.72. The summed E-state index contributed by atoms with van der Waals surface area (Å²) >= 11 is 0. The number of nitrogens with zero attached hydrogens (tertiary/aromatic N) is 2. The van der Waals surface area contributed by atoms with Gasteiger partial charge in [0, 0.05) is 32.1 Å². The van der Waals surface area contributed by atoms with Gasteiger partial charge in [-0.25, -0.2) is 4.98 Å². The van der Waals surface area contributed by atoms with Crippen molar-refractivity contribution < 1.29 is 4.74 Å². The molecule has 1 aromatic rings. The van der Waals surface area contributed by atoms with Crippen molar-refractivity contribution in [2.75, 3.05) is 19.0 Å². The van der Waals surface area contributed by atoms with Gasteiger partial charge in [-0.1, -0.05) is 26.2 Å². The van der Waals surface area contributed by atoms with Crippen molar-refractivity contribution in [3.05, 3.63) is 12.4 Å². The van der Waals surface area contributed by atoms with E-state index in [1.54, 1.807) is 7.11 Å². The second-order valence-corrected chi connectivity index (χ2v) is 4.51. The van der Waals surface area contributed by atoms with Gasteiger partial charge in [-0.2, -0.15) is 0 Å². The molecule has 0 spiro atoms. The molecule has 0 radical (unpaired) electrons. The highest BCUT2D eigenvalue weighted by molar-refractivity contribution is 5.27. The Morgan fingerprint density at radius 2 is 2.24 bits per heavy atom. The number of nitrogens with one attached hydrogen (secondary N) is 1. The summed E-state index contributed by atoms with van der Waals surface area (Å²) in [7, 11) is 1.72. The van der Waals surface area contributed by atoms with E-state index in [0.29, 0.717) is 6.61 Å². The molecular formula is C13H25N3O. The molecule has 0 aliphatic heterocycles. The number of rotatable bonds is 9. The Kier molecular flexibility index (Phi) is 6.70. The molecule has 1 unspecified atom stereocenters. The second-order valence-electron chi connectivity index (χ2n) is 4.51. The van der Waals surface area contributed by atoms with E-state index in [0.717, 1.165) is 12.5 Å². The lowest BCUT2D eigenvalue weighted by atomic mass is 10.2. The zero-order valence-corrected chi connectivity index (χ0v) is 11.3. The van der Waals surface area contributed by atoms with E-state index < -0.39 is 0 Å². The quantitative estimate of drug-likeness (QED) is 0.673. The molecule has 98 valence electrons. The monoisotopic (exact) mass is 239 g/mol. The van der Waals surface area contributed by atoms with Crippen LogP contribution in [0.2, 0.25) is 0 Å². The summed E-state index contributed by atoms with van der Waals surface area (Å²) in [5.74, 6) is 0.950. The summed E-state index contributed by atoms with van der Waals surface area (Å²) in [6.07, 6.45) is 8.99. The number of unbranched alkanes of at least 4 members (excludes halogenated alkanes) is 3. The average molecular weight is 239 g/mol. The second kappa shape index (κ2) is 8.12. The highest BCUT2D eigenvalue weighted by atomic mass is 16.5. The van der Waals surface area contributed by atoms with Crippen molar-refractivity contribution in [1.29, 1.82) is 0 Å². The zero-order valence-electron chi connectivity index (χ0n) is 11.3. The first kappa shape index (κ1) is 14.0. The van der Waals surface area contributed by atoms with Gasteiger partial charge in [0.1, 0.15) is 0 Å². The molecule has 0 fully saturated rings. The van der Waals surface area contributed by atoms with Crippen molar-refractivity contribution in [3.63, 3.8) is 0 Å². The lowest BCUT2D eigenvalue weighted by Gasteiger charge is -2.15. The van der Waals surface area contributed by atoms with Crippen LogP contribution < -0.4 is 5.32 Å². The lowest BCUT2D eigenvalue weighted by molar-refractivity contribution is 0.190. The third kappa shape index (κ3) is 5.22. The topological polar surface area (TPSA) is 39.1 Å². The standard InChI is InChI=1S/C13H25N3O/c1-4-5-6-7-9-16-10-8-14-13(16)15-12(2)11-17-3/h8,10,12H,4-7,9,11H2,1-3H3,(H,14,15). The number of anilines is 1. The molecule has 0 bridgehead atoms. The van der Waals surface area contributed by atoms with Gasteiger partial charge in [-0.05, 0) is 13.3 Å². The molecule has 0 saturated carbocycles. The molecule has 1 heterocycles. The maximum atomic E-state index is 5.11. The fourth-order valence-corrected chi connectivity index (χ4v) is 1.85. The summed E-state index contributed by atoms with van der Waals surface area (Å²) in [5.41, 5.74) is 0. The fraction of sp³-hybridized carbons (Fsp3) is 0.769. The van der Waals surface area contributed by atoms with Crippen LogP contribution >= 0.6 is 0 Å². The van der Waals surface area contributed by atoms with Crippen LogP contribution in [0.15, 0.2) is 12.4 Å². The Balaban J connectivity index is 2.37. The van der Waals surface area contributed by atoms with Crippen LogP contribution in [0.1, 0.15) is 39.5 Å². The summed E-state index contributed by atoms with van der Waals surface area (Å²) in [6, 6.07) is 0.289. The molecule has 0 amide bonds. The van der Waals surface area contributed by atoms with E-state index in [1.165, 1.54) is 25.7 Å². The smallest absolute Gasteiger partial charge is 0.203 e. The van der Waals surface area contributed by atoms with Gasteiger partial charge < -0.3 is 14.6 Å². The molecule has 4 heteroatoms. The first-order chi connectivity index (χ1) is 8.27. The third-order valence-corrected chi connectivity index (χ3v) is 2.76. The first-order valence-corrected chi connectivity index (χ1v) is 6.54. The maximum Gasteiger partial charge on any atom is 0.203 e. The van der Waals surface area contributed by atoms with Gasteiger partial charge in [-0.15, -0.1) is 0 Å². The van der Waals surface area contributed by atoms with Gasteiger partial charge in [0.25, 0.3) is 0 Å². The Morgan fingerprint density at radius 3 is 2.94 bits per heavy atom. The third-order valence-electron chi connectivity index (χ3n) is 2.76. The molecule has 1 rings (SSSR count). The minimum absolute atomic E-state index is 0.289. The summed E-state index contributed by atoms with van der Waals surface area (Å²) in [5, 5.41) is 3.36. The highest BCUT2D eigenvalue weighted by Crippen LogP contribution is 2.09. The van der Waals surface area contributed by atoms with Crippen LogP contribution in [-0.2, 0) is 11.3 Å². The van der Waals surface area contributed by atoms with Crippen LogP contribution in [0.5, 0.6) is 0 Å². The number of ether oxygens (including phenoxy) is 1. The minimum Gasteiger partial charge on any atom is -0.383 e. The van der Waals surface area contributed by atoms with E-state index in [9.17, 15) is 0 Å². The van der Waals surface area contributed by atoms with Crippen LogP contribution in [0.25, 0.3) is 0 Å². The Morgan fingerprint density at radius 1 is 1.41 bits per heavy atom. The molecule has 17 heavy (non-hydrogen) atoms. The summed E-state index contributed by atoms with van der Waals surface area (Å²) in [4.78, 5) is 4.33. The Labute approximate surface area is 104 Å². The predicted octanol–water partition coefficient (Wildman–Crippen LogP) is 2.91. The summed E-state index contributed by atoms with van der Waals surface area (Å²) in [6.45, 7) is 6.07. The van der Waals surface area contributed by atoms with Gasteiger partial charge in [0.15, 0.2) is 0 Å². The van der Waals surface area contributed by atoms with E-state index in [4.69, 9.17) is 4.74 Å². The SMILES string of the molecule is CCCCCCn1ccnc1NC(C)COC. The molecule has 1 aromatic heterocycles. The minimum atomic E-state index is 0.289. The number of hydrogen-bond donors (Lipinski definition) is 1. The maximum absolute atomic E-state index is 5.11. The van der Waals surface area contributed by atoms with Crippen molar-refractivity contribution in [1.82, 2.24) is 9.55 Å². The van der Waals surface area contributed by atoms with Crippen LogP contribution in [-0.4, -0.2) is 29.3 Å². The van der Waals surface area contributed by atoms with Crippen LogP contribution in [0.4, 0.5) is 5.95 Å². The number of hydrogen-bond acceptors (Lipinski definition) is 3. The van der Waals surface area contributed by atoms with Gasteiger partial charge in [0.05, 0.1) is 6.61 Å². The zero-order chi connectivity index (χ0) is 12.5. The molecule has 0 saturated heterocycles. The van der Waals surface area contributed by atoms with Crippen molar-refractivity contribution in [3.8, 4) is 0 Å². The predicted molar refractivity (Wildman–Crippen MR) is 71.3 cm³/mol. The number of methoxy groups -OCH3 is 1. The molecule has 4 nitrogen and oxygen atoms in total. The molecule has 0 aliphatic carbocycles. The highest BCUT2D eigenvalue weighted by Gasteiger charge is 2.06. The Bertz CT molecular complexity index is 299. The molecule has 0 aliphatic rings. The molecule has 0 aromatic carbocycles. The molecule has 1 N–H and O–H groups in total. The van der Waals surface area contributed by atoms with Gasteiger partial charge in [-0.3, -0.25) is 0 Å². The Hall–Kier alpha value is -1.03. The first-order valence-electron chi connectivity index (χ1n) is 6.54. The number of aryl methyl sites for hydroxylation is 1. The van der Waals surface area contributed by atoms with E-state index in [2.05, 4.69) is 28.7 Å². The van der Waals surface area contributed by atoms with Gasteiger partial charge >= 0.3 is 0 Å².